The molecule has 2 aliphatic rings. The average molecular weight is 368 g/mol. The van der Waals surface area contributed by atoms with Crippen LogP contribution in [0.25, 0.3) is 0 Å². The molecule has 0 saturated heterocycles. The average Bonchev–Trinajstić information content (AvgIpc) is 2.73. The highest BCUT2D eigenvalue weighted by atomic mass is 16.1. The van der Waals surface area contributed by atoms with Crippen LogP contribution < -0.4 is 0 Å². The Morgan fingerprint density at radius 2 is 1.71 bits per heavy atom. The predicted octanol–water partition coefficient (Wildman–Crippen LogP) is 5.35. The predicted molar refractivity (Wildman–Crippen MR) is 111 cm³/mol. The SMILES string of the molecule is CCc1ccc([C@@H]2C(C#N)=C(C)N=C3C[C@H](c4ccccc4)CC(=O)[C@@H]32)cc1. The van der Waals surface area contributed by atoms with Gasteiger partial charge in [-0.25, -0.2) is 0 Å². The Labute approximate surface area is 166 Å². The van der Waals surface area contributed by atoms with Crippen molar-refractivity contribution in [3.63, 3.8) is 0 Å². The van der Waals surface area contributed by atoms with Crippen molar-refractivity contribution in [2.75, 3.05) is 0 Å². The molecule has 1 aliphatic carbocycles. The number of nitriles is 1. The van der Waals surface area contributed by atoms with Crippen molar-refractivity contribution in [1.29, 1.82) is 5.26 Å². The third-order valence-electron chi connectivity index (χ3n) is 6.09. The number of fused-ring (bicyclic) bond motifs is 1. The Kier molecular flexibility index (Phi) is 4.96. The number of carbonyl (C=O) groups excluding carboxylic acids is 1. The molecule has 0 spiro atoms. The molecule has 4 rings (SSSR count). The maximum absolute atomic E-state index is 13.3. The minimum Gasteiger partial charge on any atom is -0.299 e. The van der Waals surface area contributed by atoms with E-state index < -0.39 is 0 Å². The largest absolute Gasteiger partial charge is 0.299 e. The molecule has 0 radical (unpaired) electrons. The molecule has 2 aromatic rings. The summed E-state index contributed by atoms with van der Waals surface area (Å²) in [7, 11) is 0. The lowest BCUT2D eigenvalue weighted by Gasteiger charge is -2.37. The van der Waals surface area contributed by atoms with Gasteiger partial charge in [0.25, 0.3) is 0 Å². The fourth-order valence-electron chi connectivity index (χ4n) is 4.60. The number of allylic oxidation sites excluding steroid dienone is 2. The number of aliphatic imine (C=N–C) groups is 1. The third-order valence-corrected chi connectivity index (χ3v) is 6.09. The summed E-state index contributed by atoms with van der Waals surface area (Å²) in [6.07, 6.45) is 2.26. The fraction of sp³-hybridized carbons (Fsp3) is 0.320. The number of hydrogen-bond donors (Lipinski definition) is 0. The lowest BCUT2D eigenvalue weighted by molar-refractivity contribution is -0.122. The highest BCUT2D eigenvalue weighted by Crippen LogP contribution is 2.45. The fourth-order valence-corrected chi connectivity index (χ4v) is 4.60. The minimum absolute atomic E-state index is 0.170. The van der Waals surface area contributed by atoms with Crippen LogP contribution in [0.2, 0.25) is 0 Å². The summed E-state index contributed by atoms with van der Waals surface area (Å²) < 4.78 is 0. The normalized spacial score (nSPS) is 24.4. The van der Waals surface area contributed by atoms with Gasteiger partial charge in [0.15, 0.2) is 0 Å². The first-order chi connectivity index (χ1) is 13.6. The summed E-state index contributed by atoms with van der Waals surface area (Å²) in [5.41, 5.74) is 5.80. The van der Waals surface area contributed by atoms with Gasteiger partial charge in [-0.15, -0.1) is 0 Å². The van der Waals surface area contributed by atoms with Crippen molar-refractivity contribution in [2.45, 2.75) is 44.9 Å². The van der Waals surface area contributed by atoms with Crippen molar-refractivity contribution >= 4 is 11.5 Å². The summed E-state index contributed by atoms with van der Waals surface area (Å²) >= 11 is 0. The Balaban J connectivity index is 1.74. The maximum Gasteiger partial charge on any atom is 0.143 e. The van der Waals surface area contributed by atoms with E-state index in [-0.39, 0.29) is 23.5 Å². The van der Waals surface area contributed by atoms with Gasteiger partial charge >= 0.3 is 0 Å². The lowest BCUT2D eigenvalue weighted by atomic mass is 9.66. The zero-order chi connectivity index (χ0) is 19.7. The minimum atomic E-state index is -0.314. The van der Waals surface area contributed by atoms with Gasteiger partial charge < -0.3 is 0 Å². The van der Waals surface area contributed by atoms with Gasteiger partial charge in [0, 0.05) is 18.1 Å². The second-order valence-corrected chi connectivity index (χ2v) is 7.75. The molecule has 0 unspecified atom stereocenters. The molecule has 0 aromatic heterocycles. The van der Waals surface area contributed by atoms with E-state index in [2.05, 4.69) is 49.4 Å². The quantitative estimate of drug-likeness (QED) is 0.733. The van der Waals surface area contributed by atoms with E-state index in [1.165, 1.54) is 11.1 Å². The van der Waals surface area contributed by atoms with Crippen molar-refractivity contribution in [3.05, 3.63) is 82.6 Å². The number of Topliss-reactive ketones (excluding diaryl/α,β-unsaturated/α-hetero) is 1. The van der Waals surface area contributed by atoms with Crippen LogP contribution in [0.3, 0.4) is 0 Å². The second-order valence-electron chi connectivity index (χ2n) is 7.75. The number of aryl methyl sites for hydroxylation is 1. The molecular formula is C25H24N2O. The van der Waals surface area contributed by atoms with E-state index in [1.807, 2.05) is 25.1 Å². The van der Waals surface area contributed by atoms with Crippen LogP contribution in [0.15, 0.2) is 70.9 Å². The first-order valence-electron chi connectivity index (χ1n) is 9.97. The van der Waals surface area contributed by atoms with E-state index in [0.717, 1.165) is 29.8 Å². The number of nitrogens with zero attached hydrogens (tertiary/aromatic N) is 2. The molecule has 0 bridgehead atoms. The number of benzene rings is 2. The highest BCUT2D eigenvalue weighted by molar-refractivity contribution is 6.10. The van der Waals surface area contributed by atoms with Crippen LogP contribution in [0.4, 0.5) is 0 Å². The molecule has 0 N–H and O–H groups in total. The highest BCUT2D eigenvalue weighted by Gasteiger charge is 2.44. The smallest absolute Gasteiger partial charge is 0.143 e. The first-order valence-corrected chi connectivity index (χ1v) is 9.97. The molecule has 3 heteroatoms. The number of hydrogen-bond acceptors (Lipinski definition) is 3. The zero-order valence-corrected chi connectivity index (χ0v) is 16.4. The molecule has 28 heavy (non-hydrogen) atoms. The van der Waals surface area contributed by atoms with Gasteiger partial charge in [0.1, 0.15) is 5.78 Å². The number of ketones is 1. The zero-order valence-electron chi connectivity index (χ0n) is 16.4. The summed E-state index contributed by atoms with van der Waals surface area (Å²) in [6.45, 7) is 4.02. The number of rotatable bonds is 3. The molecular weight excluding hydrogens is 344 g/mol. The third kappa shape index (κ3) is 3.20. The standard InChI is InChI=1S/C25H24N2O/c1-3-17-9-11-19(12-10-17)24-21(15-26)16(2)27-22-13-20(14-23(28)25(22)24)18-7-5-4-6-8-18/h4-12,20,24-25H,3,13-14H2,1-2H3/t20-,24+,25+/m0/s1. The lowest BCUT2D eigenvalue weighted by Crippen LogP contribution is -2.39. The van der Waals surface area contributed by atoms with Crippen LogP contribution in [-0.4, -0.2) is 11.5 Å². The first kappa shape index (κ1) is 18.4. The summed E-state index contributed by atoms with van der Waals surface area (Å²) in [5.74, 6) is -0.162. The Bertz CT molecular complexity index is 993. The Hall–Kier alpha value is -2.99. The van der Waals surface area contributed by atoms with Gasteiger partial charge in [-0.05, 0) is 42.4 Å². The van der Waals surface area contributed by atoms with E-state index >= 15 is 0 Å². The Morgan fingerprint density at radius 3 is 2.36 bits per heavy atom. The molecule has 0 amide bonds. The topological polar surface area (TPSA) is 53.2 Å². The van der Waals surface area contributed by atoms with Crippen molar-refractivity contribution in [2.24, 2.45) is 10.9 Å². The summed E-state index contributed by atoms with van der Waals surface area (Å²) in [6, 6.07) is 20.9. The van der Waals surface area contributed by atoms with Crippen LogP contribution in [0.5, 0.6) is 0 Å². The summed E-state index contributed by atoms with van der Waals surface area (Å²) in [4.78, 5) is 18.0. The van der Waals surface area contributed by atoms with E-state index in [9.17, 15) is 10.1 Å². The van der Waals surface area contributed by atoms with Crippen LogP contribution in [-0.2, 0) is 11.2 Å². The van der Waals surface area contributed by atoms with Gasteiger partial charge in [-0.3, -0.25) is 9.79 Å². The summed E-state index contributed by atoms with van der Waals surface area (Å²) in [5, 5.41) is 9.81. The molecule has 1 saturated carbocycles. The van der Waals surface area contributed by atoms with Crippen LogP contribution >= 0.6 is 0 Å². The molecule has 1 aliphatic heterocycles. The molecule has 3 nitrogen and oxygen atoms in total. The molecule has 2 aromatic carbocycles. The van der Waals surface area contributed by atoms with E-state index in [1.54, 1.807) is 0 Å². The van der Waals surface area contributed by atoms with Crippen molar-refractivity contribution in [3.8, 4) is 6.07 Å². The van der Waals surface area contributed by atoms with Crippen molar-refractivity contribution in [1.82, 2.24) is 0 Å². The molecule has 1 fully saturated rings. The van der Waals surface area contributed by atoms with Crippen LogP contribution in [0, 0.1) is 17.2 Å². The van der Waals surface area contributed by atoms with Crippen LogP contribution in [0.1, 0.15) is 55.2 Å². The van der Waals surface area contributed by atoms with Gasteiger partial charge in [-0.1, -0.05) is 61.5 Å². The van der Waals surface area contributed by atoms with Crippen molar-refractivity contribution < 1.29 is 4.79 Å². The van der Waals surface area contributed by atoms with E-state index in [4.69, 9.17) is 4.99 Å². The maximum atomic E-state index is 13.3. The van der Waals surface area contributed by atoms with Gasteiger partial charge in [0.05, 0.1) is 23.3 Å². The monoisotopic (exact) mass is 368 g/mol. The second kappa shape index (κ2) is 7.56. The molecule has 1 heterocycles. The Morgan fingerprint density at radius 1 is 1.00 bits per heavy atom. The van der Waals surface area contributed by atoms with Gasteiger partial charge in [0.2, 0.25) is 0 Å². The van der Waals surface area contributed by atoms with Gasteiger partial charge in [-0.2, -0.15) is 5.26 Å². The molecule has 3 atom stereocenters. The molecule has 140 valence electrons. The van der Waals surface area contributed by atoms with E-state index in [0.29, 0.717) is 12.0 Å². The number of carbonyl (C=O) groups is 1.